The second kappa shape index (κ2) is 8.55. The smallest absolute Gasteiger partial charge is 0.145 e. The van der Waals surface area contributed by atoms with Gasteiger partial charge < -0.3 is 9.30 Å². The number of hydrogen-bond donors (Lipinski definition) is 0. The lowest BCUT2D eigenvalue weighted by Gasteiger charge is -2.19. The molecule has 1 unspecified atom stereocenters. The van der Waals surface area contributed by atoms with E-state index in [1.165, 1.54) is 0 Å². The van der Waals surface area contributed by atoms with Crippen molar-refractivity contribution in [2.24, 2.45) is 5.92 Å². The number of hydrogen-bond acceptors (Lipinski definition) is 4. The number of nitriles is 2. The van der Waals surface area contributed by atoms with Gasteiger partial charge >= 0.3 is 0 Å². The minimum absolute atomic E-state index is 0.349. The number of thiophene rings is 1. The first-order chi connectivity index (χ1) is 14.7. The fraction of sp³-hybridized carbons (Fsp3) is 0.200. The van der Waals surface area contributed by atoms with E-state index in [4.69, 9.17) is 4.74 Å². The number of benzene rings is 2. The fourth-order valence-corrected chi connectivity index (χ4v) is 4.96. The van der Waals surface area contributed by atoms with Crippen molar-refractivity contribution in [2.75, 3.05) is 7.11 Å². The summed E-state index contributed by atoms with van der Waals surface area (Å²) >= 11 is 1.58. The molecule has 4 aromatic rings. The van der Waals surface area contributed by atoms with E-state index >= 15 is 0 Å². The Hall–Kier alpha value is -3.38. The molecular formula is C25H21N3OS. The molecule has 0 spiro atoms. The van der Waals surface area contributed by atoms with Gasteiger partial charge in [0, 0.05) is 17.4 Å². The first-order valence-electron chi connectivity index (χ1n) is 9.69. The largest absolute Gasteiger partial charge is 0.364 e. The van der Waals surface area contributed by atoms with Gasteiger partial charge in [-0.25, -0.2) is 0 Å². The fourth-order valence-electron chi connectivity index (χ4n) is 4.09. The predicted molar refractivity (Wildman–Crippen MR) is 120 cm³/mol. The first kappa shape index (κ1) is 19.9. The third kappa shape index (κ3) is 3.39. The Morgan fingerprint density at radius 2 is 1.80 bits per heavy atom. The minimum Gasteiger partial charge on any atom is -0.364 e. The molecule has 0 bridgehead atoms. The molecule has 2 aromatic carbocycles. The van der Waals surface area contributed by atoms with Gasteiger partial charge in [-0.3, -0.25) is 0 Å². The van der Waals surface area contributed by atoms with Crippen LogP contribution in [0.3, 0.4) is 0 Å². The van der Waals surface area contributed by atoms with Crippen molar-refractivity contribution in [3.63, 3.8) is 0 Å². The Morgan fingerprint density at radius 1 is 1.03 bits per heavy atom. The number of methoxy groups -OCH3 is 1. The highest BCUT2D eigenvalue weighted by Gasteiger charge is 2.33. The third-order valence-electron chi connectivity index (χ3n) is 5.34. The van der Waals surface area contributed by atoms with Gasteiger partial charge in [-0.1, -0.05) is 48.5 Å². The maximum Gasteiger partial charge on any atom is 0.145 e. The van der Waals surface area contributed by atoms with Crippen LogP contribution in [0.15, 0.2) is 66.0 Å². The van der Waals surface area contributed by atoms with Crippen molar-refractivity contribution < 1.29 is 4.74 Å². The van der Waals surface area contributed by atoms with Crippen molar-refractivity contribution in [3.8, 4) is 23.4 Å². The first-order valence-corrected chi connectivity index (χ1v) is 10.6. The summed E-state index contributed by atoms with van der Waals surface area (Å²) in [7, 11) is 1.68. The molecule has 0 fully saturated rings. The monoisotopic (exact) mass is 411 g/mol. The van der Waals surface area contributed by atoms with Gasteiger partial charge in [0.2, 0.25) is 0 Å². The van der Waals surface area contributed by atoms with E-state index in [0.717, 1.165) is 38.2 Å². The minimum atomic E-state index is -0.797. The van der Waals surface area contributed by atoms with Gasteiger partial charge in [0.05, 0.1) is 29.3 Å². The average Bonchev–Trinajstić information content (AvgIpc) is 3.40. The second-order valence-corrected chi connectivity index (χ2v) is 8.20. The Bertz CT molecular complexity index is 1230. The van der Waals surface area contributed by atoms with Gasteiger partial charge in [-0.2, -0.15) is 10.5 Å². The van der Waals surface area contributed by atoms with E-state index in [2.05, 4.69) is 54.0 Å². The number of fused-ring (bicyclic) bond motifs is 1. The molecule has 0 radical (unpaired) electrons. The maximum absolute atomic E-state index is 9.85. The van der Waals surface area contributed by atoms with E-state index in [9.17, 15) is 10.5 Å². The van der Waals surface area contributed by atoms with E-state index in [0.29, 0.717) is 6.73 Å². The van der Waals surface area contributed by atoms with Crippen molar-refractivity contribution in [2.45, 2.75) is 19.6 Å². The van der Waals surface area contributed by atoms with Crippen LogP contribution in [0, 0.1) is 35.5 Å². The van der Waals surface area contributed by atoms with Gasteiger partial charge in [0.15, 0.2) is 0 Å². The zero-order chi connectivity index (χ0) is 21.1. The molecule has 0 saturated carbocycles. The molecule has 0 amide bonds. The van der Waals surface area contributed by atoms with Gasteiger partial charge in [-0.15, -0.1) is 11.3 Å². The molecule has 0 aliphatic carbocycles. The Balaban J connectivity index is 2.15. The highest BCUT2D eigenvalue weighted by atomic mass is 32.1. The number of aryl methyl sites for hydroxylation is 1. The van der Waals surface area contributed by atoms with Crippen molar-refractivity contribution in [3.05, 3.63) is 82.0 Å². The van der Waals surface area contributed by atoms with Gasteiger partial charge in [-0.05, 0) is 41.1 Å². The topological polar surface area (TPSA) is 61.7 Å². The summed E-state index contributed by atoms with van der Waals surface area (Å²) in [6.07, 6.45) is 0. The molecule has 0 aliphatic rings. The molecule has 2 heterocycles. The van der Waals surface area contributed by atoms with Crippen LogP contribution in [0.5, 0.6) is 0 Å². The third-order valence-corrected chi connectivity index (χ3v) is 6.29. The number of nitrogens with zero attached hydrogens (tertiary/aromatic N) is 3. The average molecular weight is 412 g/mol. The second-order valence-electron chi connectivity index (χ2n) is 7.22. The summed E-state index contributed by atoms with van der Waals surface area (Å²) in [4.78, 5) is 1.01. The Labute approximate surface area is 180 Å². The van der Waals surface area contributed by atoms with Crippen LogP contribution < -0.4 is 0 Å². The molecule has 4 nitrogen and oxygen atoms in total. The van der Waals surface area contributed by atoms with E-state index < -0.39 is 5.92 Å². The summed E-state index contributed by atoms with van der Waals surface area (Å²) in [5, 5.41) is 22.7. The van der Waals surface area contributed by atoms with Crippen LogP contribution in [0.2, 0.25) is 0 Å². The van der Waals surface area contributed by atoms with Crippen molar-refractivity contribution in [1.82, 2.24) is 4.57 Å². The summed E-state index contributed by atoms with van der Waals surface area (Å²) in [6, 6.07) is 24.9. The van der Waals surface area contributed by atoms with E-state index in [-0.39, 0.29) is 5.92 Å². The Morgan fingerprint density at radius 3 is 2.43 bits per heavy atom. The number of rotatable bonds is 6. The van der Waals surface area contributed by atoms with Crippen molar-refractivity contribution >= 4 is 22.2 Å². The van der Waals surface area contributed by atoms with Crippen LogP contribution in [-0.2, 0) is 11.5 Å². The summed E-state index contributed by atoms with van der Waals surface area (Å²) in [5.74, 6) is -1.15. The molecule has 0 aliphatic heterocycles. The summed E-state index contributed by atoms with van der Waals surface area (Å²) in [6.45, 7) is 2.45. The highest BCUT2D eigenvalue weighted by Crippen LogP contribution is 2.45. The molecule has 4 rings (SSSR count). The molecular weight excluding hydrogens is 390 g/mol. The highest BCUT2D eigenvalue weighted by molar-refractivity contribution is 7.10. The molecule has 30 heavy (non-hydrogen) atoms. The van der Waals surface area contributed by atoms with Crippen LogP contribution >= 0.6 is 11.3 Å². The molecule has 148 valence electrons. The normalized spacial score (nSPS) is 12.0. The lowest BCUT2D eigenvalue weighted by atomic mass is 9.83. The van der Waals surface area contributed by atoms with E-state index in [1.54, 1.807) is 18.4 Å². The van der Waals surface area contributed by atoms with Gasteiger partial charge in [0.25, 0.3) is 0 Å². The zero-order valence-electron chi connectivity index (χ0n) is 16.9. The molecule has 0 N–H and O–H groups in total. The molecule has 2 aromatic heterocycles. The van der Waals surface area contributed by atoms with Crippen LogP contribution in [-0.4, -0.2) is 11.7 Å². The Kier molecular flexibility index (Phi) is 5.68. The lowest BCUT2D eigenvalue weighted by Crippen LogP contribution is -2.12. The van der Waals surface area contributed by atoms with Gasteiger partial charge in [0.1, 0.15) is 12.6 Å². The van der Waals surface area contributed by atoms with Crippen LogP contribution in [0.25, 0.3) is 22.2 Å². The zero-order valence-corrected chi connectivity index (χ0v) is 17.7. The number of ether oxygens (including phenoxy) is 1. The molecule has 1 atom stereocenters. The predicted octanol–water partition coefficient (Wildman–Crippen LogP) is 6.08. The van der Waals surface area contributed by atoms with E-state index in [1.807, 2.05) is 35.7 Å². The van der Waals surface area contributed by atoms with Crippen molar-refractivity contribution in [1.29, 1.82) is 10.5 Å². The van der Waals surface area contributed by atoms with Crippen LogP contribution in [0.4, 0.5) is 0 Å². The lowest BCUT2D eigenvalue weighted by molar-refractivity contribution is 0.136. The summed E-state index contributed by atoms with van der Waals surface area (Å²) < 4.78 is 7.72. The molecule has 0 saturated heterocycles. The SMILES string of the molecule is COCn1c(-c2ccccc2)c(C(c2cccs2)C(C#N)C#N)c2ccc(C)cc21. The number of aromatic nitrogens is 1. The maximum atomic E-state index is 9.85. The quantitative estimate of drug-likeness (QED) is 0.386. The van der Waals surface area contributed by atoms with Crippen LogP contribution in [0.1, 0.15) is 21.9 Å². The summed E-state index contributed by atoms with van der Waals surface area (Å²) in [5.41, 5.74) is 5.22. The standard InChI is InChI=1S/C25H21N3OS/c1-17-10-11-20-21(13-17)28(16-29-2)25(18-7-4-3-5-8-18)24(20)23(19(14-26)15-27)22-9-6-12-30-22/h3-13,19,23H,16H2,1-2H3. The molecule has 5 heteroatoms.